The first-order valence-corrected chi connectivity index (χ1v) is 6.07. The van der Waals surface area contributed by atoms with Crippen LogP contribution in [0, 0.1) is 0 Å². The summed E-state index contributed by atoms with van der Waals surface area (Å²) in [5, 5.41) is 0. The average molecular weight is 273 g/mol. The molecule has 1 aromatic carbocycles. The average Bonchev–Trinajstić information content (AvgIpc) is 2.79. The van der Waals surface area contributed by atoms with Crippen molar-refractivity contribution in [3.05, 3.63) is 47.9 Å². The molecular weight excluding hydrogens is 263 g/mol. The minimum Gasteiger partial charge on any atom is -0.468 e. The van der Waals surface area contributed by atoms with Crippen LogP contribution in [0.1, 0.15) is 11.3 Å². The molecule has 96 valence electrons. The molecular formula is C12H10F3NOS. The Morgan fingerprint density at radius 3 is 2.61 bits per heavy atom. The predicted molar refractivity (Wildman–Crippen MR) is 64.1 cm³/mol. The van der Waals surface area contributed by atoms with Gasteiger partial charge in [-0.1, -0.05) is 0 Å². The maximum absolute atomic E-state index is 12.6. The van der Waals surface area contributed by atoms with Crippen LogP contribution < -0.4 is 5.73 Å². The largest absolute Gasteiger partial charge is 0.468 e. The molecule has 0 aliphatic carbocycles. The van der Waals surface area contributed by atoms with Crippen LogP contribution in [0.2, 0.25) is 0 Å². The zero-order valence-corrected chi connectivity index (χ0v) is 10.0. The number of thioether (sulfide) groups is 1. The smallest absolute Gasteiger partial charge is 0.418 e. The predicted octanol–water partition coefficient (Wildman–Crippen LogP) is 4.17. The summed E-state index contributed by atoms with van der Waals surface area (Å²) in [5.41, 5.74) is 4.26. The van der Waals surface area contributed by atoms with E-state index in [1.54, 1.807) is 18.2 Å². The molecule has 0 saturated carbocycles. The van der Waals surface area contributed by atoms with Gasteiger partial charge in [0.05, 0.1) is 17.6 Å². The lowest BCUT2D eigenvalue weighted by Gasteiger charge is -2.11. The summed E-state index contributed by atoms with van der Waals surface area (Å²) < 4.78 is 43.0. The van der Waals surface area contributed by atoms with E-state index in [2.05, 4.69) is 0 Å². The number of hydrogen-bond acceptors (Lipinski definition) is 3. The molecule has 0 atom stereocenters. The number of benzene rings is 1. The first-order valence-electron chi connectivity index (χ1n) is 5.09. The molecule has 0 radical (unpaired) electrons. The quantitative estimate of drug-likeness (QED) is 0.673. The van der Waals surface area contributed by atoms with E-state index in [9.17, 15) is 13.2 Å². The first kappa shape index (κ1) is 12.9. The van der Waals surface area contributed by atoms with Gasteiger partial charge in [0, 0.05) is 10.6 Å². The summed E-state index contributed by atoms with van der Waals surface area (Å²) >= 11 is 1.27. The van der Waals surface area contributed by atoms with Gasteiger partial charge in [0.2, 0.25) is 0 Å². The van der Waals surface area contributed by atoms with E-state index >= 15 is 0 Å². The van der Waals surface area contributed by atoms with Crippen molar-refractivity contribution in [2.24, 2.45) is 0 Å². The Hall–Kier alpha value is -1.56. The van der Waals surface area contributed by atoms with Crippen molar-refractivity contribution in [2.45, 2.75) is 16.8 Å². The van der Waals surface area contributed by atoms with Crippen LogP contribution in [0.5, 0.6) is 0 Å². The number of alkyl halides is 3. The van der Waals surface area contributed by atoms with Crippen LogP contribution in [0.3, 0.4) is 0 Å². The van der Waals surface area contributed by atoms with Crippen molar-refractivity contribution < 1.29 is 17.6 Å². The molecule has 0 saturated heterocycles. The van der Waals surface area contributed by atoms with Gasteiger partial charge in [-0.15, -0.1) is 11.8 Å². The summed E-state index contributed by atoms with van der Waals surface area (Å²) in [7, 11) is 0. The molecule has 0 amide bonds. The lowest BCUT2D eigenvalue weighted by atomic mass is 10.2. The van der Waals surface area contributed by atoms with E-state index in [4.69, 9.17) is 10.2 Å². The fraction of sp³-hybridized carbons (Fsp3) is 0.167. The summed E-state index contributed by atoms with van der Waals surface area (Å²) in [6.07, 6.45) is -2.90. The van der Waals surface area contributed by atoms with Crippen LogP contribution >= 0.6 is 11.8 Å². The second-order valence-electron chi connectivity index (χ2n) is 3.61. The van der Waals surface area contributed by atoms with Crippen molar-refractivity contribution in [1.82, 2.24) is 0 Å². The van der Waals surface area contributed by atoms with Crippen molar-refractivity contribution in [3.63, 3.8) is 0 Å². The van der Waals surface area contributed by atoms with Crippen LogP contribution in [0.25, 0.3) is 0 Å². The highest BCUT2D eigenvalue weighted by Gasteiger charge is 2.33. The Morgan fingerprint density at radius 1 is 1.22 bits per heavy atom. The molecule has 2 N–H and O–H groups in total. The molecule has 1 aromatic heterocycles. The zero-order valence-electron chi connectivity index (χ0n) is 9.20. The number of nitrogen functional groups attached to an aromatic ring is 1. The highest BCUT2D eigenvalue weighted by Crippen LogP contribution is 2.36. The van der Waals surface area contributed by atoms with Crippen molar-refractivity contribution in [1.29, 1.82) is 0 Å². The second kappa shape index (κ2) is 4.97. The summed E-state index contributed by atoms with van der Waals surface area (Å²) in [6.45, 7) is 0. The van der Waals surface area contributed by atoms with Gasteiger partial charge in [0.15, 0.2) is 0 Å². The molecule has 0 aliphatic heterocycles. The van der Waals surface area contributed by atoms with Gasteiger partial charge in [-0.2, -0.15) is 13.2 Å². The van der Waals surface area contributed by atoms with Crippen LogP contribution in [0.15, 0.2) is 45.9 Å². The van der Waals surface area contributed by atoms with E-state index in [1.165, 1.54) is 24.1 Å². The molecule has 0 bridgehead atoms. The van der Waals surface area contributed by atoms with Crippen molar-refractivity contribution in [3.8, 4) is 0 Å². The molecule has 0 spiro atoms. The van der Waals surface area contributed by atoms with Gasteiger partial charge in [-0.25, -0.2) is 0 Å². The van der Waals surface area contributed by atoms with Gasteiger partial charge in [-0.3, -0.25) is 0 Å². The van der Waals surface area contributed by atoms with E-state index in [-0.39, 0.29) is 5.69 Å². The number of nitrogens with two attached hydrogens (primary N) is 1. The van der Waals surface area contributed by atoms with Gasteiger partial charge in [0.25, 0.3) is 0 Å². The second-order valence-corrected chi connectivity index (χ2v) is 4.66. The van der Waals surface area contributed by atoms with Gasteiger partial charge >= 0.3 is 6.18 Å². The SMILES string of the molecule is Nc1ccc(SCc2ccco2)cc1C(F)(F)F. The Bertz CT molecular complexity index is 523. The van der Waals surface area contributed by atoms with E-state index in [0.29, 0.717) is 16.4 Å². The van der Waals surface area contributed by atoms with Gasteiger partial charge in [0.1, 0.15) is 5.76 Å². The molecule has 2 nitrogen and oxygen atoms in total. The number of furan rings is 1. The maximum atomic E-state index is 12.6. The van der Waals surface area contributed by atoms with Crippen LogP contribution in [-0.4, -0.2) is 0 Å². The highest BCUT2D eigenvalue weighted by atomic mass is 32.2. The lowest BCUT2D eigenvalue weighted by molar-refractivity contribution is -0.137. The molecule has 0 aliphatic rings. The minimum absolute atomic E-state index is 0.259. The Morgan fingerprint density at radius 2 is 2.00 bits per heavy atom. The number of halogens is 3. The zero-order chi connectivity index (χ0) is 13.2. The summed E-state index contributed by atoms with van der Waals surface area (Å²) in [6, 6.07) is 7.41. The third-order valence-electron chi connectivity index (χ3n) is 2.29. The van der Waals surface area contributed by atoms with E-state index < -0.39 is 11.7 Å². The third kappa shape index (κ3) is 3.01. The monoisotopic (exact) mass is 273 g/mol. The van der Waals surface area contributed by atoms with E-state index in [1.807, 2.05) is 0 Å². The maximum Gasteiger partial charge on any atom is 0.418 e. The Kier molecular flexibility index (Phi) is 3.56. The molecule has 18 heavy (non-hydrogen) atoms. The van der Waals surface area contributed by atoms with Gasteiger partial charge in [-0.05, 0) is 30.3 Å². The third-order valence-corrected chi connectivity index (χ3v) is 3.31. The summed E-state index contributed by atoms with van der Waals surface area (Å²) in [4.78, 5) is 0.507. The molecule has 6 heteroatoms. The van der Waals surface area contributed by atoms with Gasteiger partial charge < -0.3 is 10.2 Å². The highest BCUT2D eigenvalue weighted by molar-refractivity contribution is 7.98. The molecule has 0 fully saturated rings. The standard InChI is InChI=1S/C12H10F3NOS/c13-12(14,15)10-6-9(3-4-11(10)16)18-7-8-2-1-5-17-8/h1-6H,7,16H2. The lowest BCUT2D eigenvalue weighted by Crippen LogP contribution is -2.08. The molecule has 1 heterocycles. The topological polar surface area (TPSA) is 39.2 Å². The van der Waals surface area contributed by atoms with Crippen LogP contribution in [0.4, 0.5) is 18.9 Å². The van der Waals surface area contributed by atoms with Crippen molar-refractivity contribution in [2.75, 3.05) is 5.73 Å². The number of rotatable bonds is 3. The van der Waals surface area contributed by atoms with E-state index in [0.717, 1.165) is 6.07 Å². The normalized spacial score (nSPS) is 11.7. The first-order chi connectivity index (χ1) is 8.47. The fourth-order valence-electron chi connectivity index (χ4n) is 1.42. The minimum atomic E-state index is -4.43. The Labute approximate surface area is 106 Å². The molecule has 2 rings (SSSR count). The molecule has 2 aromatic rings. The van der Waals surface area contributed by atoms with Crippen molar-refractivity contribution >= 4 is 17.4 Å². The number of hydrogen-bond donors (Lipinski definition) is 1. The fourth-order valence-corrected chi connectivity index (χ4v) is 2.26. The Balaban J connectivity index is 2.15. The summed E-state index contributed by atoms with van der Waals surface area (Å²) in [5.74, 6) is 1.19. The molecule has 0 unspecified atom stereocenters. The number of anilines is 1. The van der Waals surface area contributed by atoms with Crippen LogP contribution in [-0.2, 0) is 11.9 Å².